The van der Waals surface area contributed by atoms with Crippen molar-refractivity contribution in [2.45, 2.75) is 36.1 Å². The van der Waals surface area contributed by atoms with Gasteiger partial charge in [0.15, 0.2) is 0 Å². The van der Waals surface area contributed by atoms with E-state index in [2.05, 4.69) is 0 Å². The van der Waals surface area contributed by atoms with Crippen LogP contribution in [0.1, 0.15) is 20.8 Å². The minimum absolute atomic E-state index is 0.0477. The van der Waals surface area contributed by atoms with E-state index in [1.165, 1.54) is 48.5 Å². The molecule has 0 spiro atoms. The third kappa shape index (κ3) is 4.83. The molecule has 3 rings (SSSR count). The summed E-state index contributed by atoms with van der Waals surface area (Å²) in [6, 6.07) is 11.6. The molecule has 0 N–H and O–H groups in total. The molecule has 2 aromatic carbocycles. The first-order valence-electron chi connectivity index (χ1n) is 9.08. The third-order valence-electron chi connectivity index (χ3n) is 4.82. The quantitative estimate of drug-likeness (QED) is 0.651. The first-order chi connectivity index (χ1) is 13.8. The van der Waals surface area contributed by atoms with E-state index in [-0.39, 0.29) is 29.8 Å². The molecule has 1 aliphatic rings. The maximum Gasteiger partial charge on any atom is 0.245 e. The minimum Gasteiger partial charge on any atom is -0.271 e. The number of benzene rings is 2. The standard InChI is InChI=1S/C19H23Cl2N3O4S2/c1-19(2,3)22-12-23(29(25,26)17-8-4-15(20)5-9-17)14-24(13-22)30(27,28)18-10-6-16(21)7-11-18/h4-11H,12-14H2,1-3H3. The normalized spacial score (nSPS) is 17.9. The van der Waals surface area contributed by atoms with Crippen molar-refractivity contribution in [1.29, 1.82) is 0 Å². The Morgan fingerprint density at radius 2 is 1.00 bits per heavy atom. The van der Waals surface area contributed by atoms with E-state index in [9.17, 15) is 16.8 Å². The fourth-order valence-electron chi connectivity index (χ4n) is 2.93. The average Bonchev–Trinajstić information content (AvgIpc) is 2.67. The molecule has 0 aliphatic carbocycles. The molecule has 11 heteroatoms. The van der Waals surface area contributed by atoms with Crippen molar-refractivity contribution in [1.82, 2.24) is 13.5 Å². The number of halogens is 2. The highest BCUT2D eigenvalue weighted by Crippen LogP contribution is 2.28. The third-order valence-corrected chi connectivity index (χ3v) is 8.89. The number of hydrogen-bond acceptors (Lipinski definition) is 5. The molecule has 1 saturated heterocycles. The highest BCUT2D eigenvalue weighted by molar-refractivity contribution is 7.90. The smallest absolute Gasteiger partial charge is 0.245 e. The van der Waals surface area contributed by atoms with Crippen molar-refractivity contribution in [2.24, 2.45) is 0 Å². The van der Waals surface area contributed by atoms with E-state index in [0.29, 0.717) is 10.0 Å². The van der Waals surface area contributed by atoms with Crippen LogP contribution in [0.4, 0.5) is 0 Å². The molecular formula is C19H23Cl2N3O4S2. The Labute approximate surface area is 187 Å². The molecule has 1 heterocycles. The number of nitrogens with zero attached hydrogens (tertiary/aromatic N) is 3. The van der Waals surface area contributed by atoms with Crippen LogP contribution >= 0.6 is 23.2 Å². The molecule has 1 fully saturated rings. The maximum atomic E-state index is 13.2. The highest BCUT2D eigenvalue weighted by atomic mass is 35.5. The lowest BCUT2D eigenvalue weighted by Crippen LogP contribution is -2.62. The molecule has 0 bridgehead atoms. The number of rotatable bonds is 4. The number of sulfonamides is 2. The minimum atomic E-state index is -3.95. The van der Waals surface area contributed by atoms with Gasteiger partial charge in [-0.05, 0) is 69.3 Å². The topological polar surface area (TPSA) is 78.0 Å². The van der Waals surface area contributed by atoms with Crippen molar-refractivity contribution < 1.29 is 16.8 Å². The van der Waals surface area contributed by atoms with Crippen LogP contribution in [-0.2, 0) is 20.0 Å². The summed E-state index contributed by atoms with van der Waals surface area (Å²) in [6.07, 6.45) is 0. The molecule has 0 unspecified atom stereocenters. The Morgan fingerprint density at radius 3 is 1.30 bits per heavy atom. The Hall–Kier alpha value is -1.20. The van der Waals surface area contributed by atoms with Crippen LogP contribution in [0.5, 0.6) is 0 Å². The lowest BCUT2D eigenvalue weighted by molar-refractivity contribution is 0.00110. The SMILES string of the molecule is CC(C)(C)N1CN(S(=O)(=O)c2ccc(Cl)cc2)CN(S(=O)(=O)c2ccc(Cl)cc2)C1. The average molecular weight is 492 g/mol. The second-order valence-electron chi connectivity index (χ2n) is 7.96. The van der Waals surface area contributed by atoms with Gasteiger partial charge >= 0.3 is 0 Å². The van der Waals surface area contributed by atoms with E-state index in [1.807, 2.05) is 20.8 Å². The second kappa shape index (κ2) is 8.38. The zero-order valence-corrected chi connectivity index (χ0v) is 19.9. The summed E-state index contributed by atoms with van der Waals surface area (Å²) >= 11 is 11.8. The first-order valence-corrected chi connectivity index (χ1v) is 12.7. The summed E-state index contributed by atoms with van der Waals surface area (Å²) in [4.78, 5) is 1.88. The van der Waals surface area contributed by atoms with Gasteiger partial charge in [-0.3, -0.25) is 4.90 Å². The lowest BCUT2D eigenvalue weighted by atomic mass is 10.1. The van der Waals surface area contributed by atoms with Crippen LogP contribution in [-0.4, -0.2) is 55.9 Å². The van der Waals surface area contributed by atoms with E-state index in [4.69, 9.17) is 23.2 Å². The van der Waals surface area contributed by atoms with Gasteiger partial charge < -0.3 is 0 Å². The van der Waals surface area contributed by atoms with Gasteiger partial charge in [0.1, 0.15) is 0 Å². The molecule has 0 radical (unpaired) electrons. The molecule has 0 saturated carbocycles. The monoisotopic (exact) mass is 491 g/mol. The van der Waals surface area contributed by atoms with Crippen molar-refractivity contribution in [3.8, 4) is 0 Å². The zero-order chi connectivity index (χ0) is 22.3. The molecule has 0 amide bonds. The van der Waals surface area contributed by atoms with Crippen LogP contribution in [0.3, 0.4) is 0 Å². The lowest BCUT2D eigenvalue weighted by Gasteiger charge is -2.46. The van der Waals surface area contributed by atoms with Gasteiger partial charge in [0.2, 0.25) is 20.0 Å². The summed E-state index contributed by atoms with van der Waals surface area (Å²) < 4.78 is 55.3. The molecule has 7 nitrogen and oxygen atoms in total. The highest BCUT2D eigenvalue weighted by Gasteiger charge is 2.41. The van der Waals surface area contributed by atoms with Crippen molar-refractivity contribution >= 4 is 43.2 Å². The molecule has 0 aromatic heterocycles. The fourth-order valence-corrected chi connectivity index (χ4v) is 5.98. The maximum absolute atomic E-state index is 13.2. The summed E-state index contributed by atoms with van der Waals surface area (Å²) in [5.74, 6) is 0. The van der Waals surface area contributed by atoms with Gasteiger partial charge in [-0.25, -0.2) is 16.8 Å². The molecule has 164 valence electrons. The van der Waals surface area contributed by atoms with Gasteiger partial charge in [-0.2, -0.15) is 8.61 Å². The van der Waals surface area contributed by atoms with E-state index in [0.717, 1.165) is 8.61 Å². The molecule has 30 heavy (non-hydrogen) atoms. The van der Waals surface area contributed by atoms with Gasteiger partial charge in [0.05, 0.1) is 29.8 Å². The van der Waals surface area contributed by atoms with E-state index >= 15 is 0 Å². The molecule has 1 aliphatic heterocycles. The largest absolute Gasteiger partial charge is 0.271 e. The van der Waals surface area contributed by atoms with Gasteiger partial charge in [-0.1, -0.05) is 23.2 Å². The second-order valence-corrected chi connectivity index (χ2v) is 12.7. The summed E-state index contributed by atoms with van der Waals surface area (Å²) in [5, 5.41) is 0.826. The van der Waals surface area contributed by atoms with Crippen LogP contribution in [0.25, 0.3) is 0 Å². The van der Waals surface area contributed by atoms with Gasteiger partial charge in [-0.15, -0.1) is 0 Å². The van der Waals surface area contributed by atoms with Crippen LogP contribution < -0.4 is 0 Å². The summed E-state index contributed by atoms with van der Waals surface area (Å²) in [6.45, 7) is 5.51. The van der Waals surface area contributed by atoms with Crippen LogP contribution in [0.2, 0.25) is 10.0 Å². The van der Waals surface area contributed by atoms with Gasteiger partial charge in [0, 0.05) is 15.6 Å². The first kappa shape index (κ1) is 23.5. The molecule has 2 aromatic rings. The van der Waals surface area contributed by atoms with Crippen molar-refractivity contribution in [3.63, 3.8) is 0 Å². The van der Waals surface area contributed by atoms with Crippen LogP contribution in [0.15, 0.2) is 58.3 Å². The van der Waals surface area contributed by atoms with Gasteiger partial charge in [0.25, 0.3) is 0 Å². The summed E-state index contributed by atoms with van der Waals surface area (Å²) in [7, 11) is -7.90. The van der Waals surface area contributed by atoms with E-state index in [1.54, 1.807) is 4.90 Å². The summed E-state index contributed by atoms with van der Waals surface area (Å²) in [5.41, 5.74) is -0.470. The van der Waals surface area contributed by atoms with Crippen molar-refractivity contribution in [3.05, 3.63) is 58.6 Å². The number of hydrogen-bond donors (Lipinski definition) is 0. The predicted molar refractivity (Wildman–Crippen MR) is 117 cm³/mol. The Kier molecular flexibility index (Phi) is 6.56. The Morgan fingerprint density at radius 1 is 0.667 bits per heavy atom. The Bertz CT molecular complexity index is 1030. The zero-order valence-electron chi connectivity index (χ0n) is 16.8. The predicted octanol–water partition coefficient (Wildman–Crippen LogP) is 3.66. The molecule has 0 atom stereocenters. The molecular weight excluding hydrogens is 469 g/mol. The fraction of sp³-hybridized carbons (Fsp3) is 0.368. The van der Waals surface area contributed by atoms with Crippen LogP contribution in [0, 0.1) is 0 Å². The van der Waals surface area contributed by atoms with E-state index < -0.39 is 25.6 Å². The Balaban J connectivity index is 2.01. The van der Waals surface area contributed by atoms with Crippen molar-refractivity contribution in [2.75, 3.05) is 20.0 Å².